The molecular formula is C27H33N9O2. The van der Waals surface area contributed by atoms with E-state index in [1.807, 2.05) is 36.6 Å². The first-order chi connectivity index (χ1) is 18.3. The molecule has 5 aromatic rings. The van der Waals surface area contributed by atoms with Crippen molar-refractivity contribution in [2.75, 3.05) is 11.1 Å². The van der Waals surface area contributed by atoms with Crippen molar-refractivity contribution >= 4 is 39.9 Å². The van der Waals surface area contributed by atoms with Crippen LogP contribution < -0.4 is 16.8 Å². The van der Waals surface area contributed by atoms with Gasteiger partial charge in [-0.1, -0.05) is 18.2 Å². The number of aliphatic hydroxyl groups excluding tert-OH is 1. The normalized spacial score (nSPS) is 12.4. The van der Waals surface area contributed by atoms with Crippen LogP contribution in [0.25, 0.3) is 22.1 Å². The molecule has 1 unspecified atom stereocenters. The third-order valence-corrected chi connectivity index (χ3v) is 6.78. The zero-order valence-electron chi connectivity index (χ0n) is 21.8. The first-order valence-corrected chi connectivity index (χ1v) is 12.8. The van der Waals surface area contributed by atoms with E-state index in [2.05, 4.69) is 37.9 Å². The number of aryl methyl sites for hydroxylation is 5. The molecule has 0 saturated heterocycles. The molecule has 0 aliphatic carbocycles. The van der Waals surface area contributed by atoms with Gasteiger partial charge >= 0.3 is 0 Å². The van der Waals surface area contributed by atoms with Gasteiger partial charge in [0.05, 0.1) is 27.8 Å². The van der Waals surface area contributed by atoms with Gasteiger partial charge in [0.2, 0.25) is 11.9 Å². The average molecular weight is 516 g/mol. The van der Waals surface area contributed by atoms with Crippen LogP contribution in [0.2, 0.25) is 0 Å². The van der Waals surface area contributed by atoms with E-state index in [0.29, 0.717) is 41.8 Å². The van der Waals surface area contributed by atoms with Gasteiger partial charge in [0.25, 0.3) is 5.91 Å². The molecule has 5 rings (SSSR count). The van der Waals surface area contributed by atoms with Gasteiger partial charge in [0.1, 0.15) is 11.9 Å². The Morgan fingerprint density at radius 1 is 1.05 bits per heavy atom. The molecule has 198 valence electrons. The molecule has 0 bridgehead atoms. The van der Waals surface area contributed by atoms with Crippen molar-refractivity contribution in [2.24, 2.45) is 5.73 Å². The Morgan fingerprint density at radius 3 is 2.55 bits per heavy atom. The number of fused-ring (bicyclic) bond motifs is 2. The number of carbonyl (C=O) groups excluding carboxylic acids is 1. The highest BCUT2D eigenvalue weighted by molar-refractivity contribution is 6.03. The lowest BCUT2D eigenvalue weighted by molar-refractivity contribution is 0.101. The number of anilines is 2. The Hall–Kier alpha value is -4.22. The molecule has 38 heavy (non-hydrogen) atoms. The molecule has 0 saturated carbocycles. The van der Waals surface area contributed by atoms with Gasteiger partial charge < -0.3 is 25.7 Å². The lowest BCUT2D eigenvalue weighted by Crippen LogP contribution is -2.20. The molecule has 2 aromatic carbocycles. The highest BCUT2D eigenvalue weighted by Crippen LogP contribution is 2.25. The molecular weight excluding hydrogens is 482 g/mol. The fourth-order valence-corrected chi connectivity index (χ4v) is 4.94. The van der Waals surface area contributed by atoms with E-state index in [1.54, 1.807) is 22.9 Å². The Morgan fingerprint density at radius 2 is 1.82 bits per heavy atom. The number of nitrogens with two attached hydrogens (primary N) is 2. The largest absolute Gasteiger partial charge is 0.375 e. The van der Waals surface area contributed by atoms with Crippen LogP contribution in [-0.2, 0) is 19.6 Å². The molecule has 3 heterocycles. The number of carbonyl (C=O) groups is 1. The minimum Gasteiger partial charge on any atom is -0.375 e. The summed E-state index contributed by atoms with van der Waals surface area (Å²) < 4.78 is 5.71. The zero-order chi connectivity index (χ0) is 27.0. The van der Waals surface area contributed by atoms with Crippen LogP contribution in [0.4, 0.5) is 11.9 Å². The van der Waals surface area contributed by atoms with Gasteiger partial charge in [-0.25, -0.2) is 9.97 Å². The number of hydrogen-bond donors (Lipinski definition) is 4. The van der Waals surface area contributed by atoms with E-state index in [-0.39, 0.29) is 5.91 Å². The lowest BCUT2D eigenvalue weighted by atomic mass is 10.2. The highest BCUT2D eigenvalue weighted by Gasteiger charge is 2.19. The monoisotopic (exact) mass is 515 g/mol. The second kappa shape index (κ2) is 10.3. The van der Waals surface area contributed by atoms with E-state index in [4.69, 9.17) is 11.5 Å². The van der Waals surface area contributed by atoms with Gasteiger partial charge in [-0.05, 0) is 69.0 Å². The maximum atomic E-state index is 13.2. The maximum absolute atomic E-state index is 13.2. The van der Waals surface area contributed by atoms with E-state index in [0.717, 1.165) is 47.2 Å². The number of para-hydroxylation sites is 1. The second-order valence-corrected chi connectivity index (χ2v) is 9.49. The Balaban J connectivity index is 1.39. The Kier molecular flexibility index (Phi) is 6.87. The standard InChI is InChI=1S/C27H33N9O2/c1-4-36-22(14-17(3)33-36)25(38)32-27-31-20-15-18(24(28)37)10-11-21(20)34(27)12-5-6-13-35-23-16(2)8-7-9-19(23)30-26(35)29/h7-11,14-15,24,37H,4-6,12-13,28H2,1-3H3,(H2,29,30)(H,31,32,38). The van der Waals surface area contributed by atoms with Crippen molar-refractivity contribution in [3.63, 3.8) is 0 Å². The number of nitrogen functional groups attached to an aromatic ring is 1. The van der Waals surface area contributed by atoms with Crippen LogP contribution in [0.1, 0.15) is 53.3 Å². The Labute approximate surface area is 220 Å². The summed E-state index contributed by atoms with van der Waals surface area (Å²) in [5.41, 5.74) is 18.3. The van der Waals surface area contributed by atoms with Crippen LogP contribution in [-0.4, -0.2) is 39.9 Å². The summed E-state index contributed by atoms with van der Waals surface area (Å²) in [6, 6.07) is 13.2. The number of rotatable bonds is 9. The fraction of sp³-hybridized carbons (Fsp3) is 0.333. The Bertz CT molecular complexity index is 1630. The van der Waals surface area contributed by atoms with E-state index in [9.17, 15) is 9.90 Å². The van der Waals surface area contributed by atoms with Gasteiger partial charge in [-0.2, -0.15) is 5.10 Å². The summed E-state index contributed by atoms with van der Waals surface area (Å²) in [6.45, 7) is 7.78. The summed E-state index contributed by atoms with van der Waals surface area (Å²) in [6.07, 6.45) is 0.550. The number of nitrogens with one attached hydrogen (secondary N) is 1. The smallest absolute Gasteiger partial charge is 0.276 e. The molecule has 0 spiro atoms. The molecule has 1 atom stereocenters. The first kappa shape index (κ1) is 25.4. The maximum Gasteiger partial charge on any atom is 0.276 e. The number of aliphatic hydroxyl groups is 1. The number of unbranched alkanes of at least 4 members (excludes halogenated alkanes) is 1. The zero-order valence-corrected chi connectivity index (χ0v) is 21.8. The van der Waals surface area contributed by atoms with Crippen LogP contribution in [0.15, 0.2) is 42.5 Å². The molecule has 0 radical (unpaired) electrons. The van der Waals surface area contributed by atoms with Gasteiger partial charge in [-0.3, -0.25) is 14.8 Å². The first-order valence-electron chi connectivity index (χ1n) is 12.8. The van der Waals surface area contributed by atoms with Crippen molar-refractivity contribution < 1.29 is 9.90 Å². The number of amides is 1. The fourth-order valence-electron chi connectivity index (χ4n) is 4.94. The summed E-state index contributed by atoms with van der Waals surface area (Å²) in [5, 5.41) is 17.2. The van der Waals surface area contributed by atoms with Gasteiger partial charge in [0.15, 0.2) is 0 Å². The predicted octanol–water partition coefficient (Wildman–Crippen LogP) is 3.48. The predicted molar refractivity (Wildman–Crippen MR) is 148 cm³/mol. The molecule has 0 aliphatic rings. The van der Waals surface area contributed by atoms with Crippen molar-refractivity contribution in [2.45, 2.75) is 59.5 Å². The second-order valence-electron chi connectivity index (χ2n) is 9.49. The van der Waals surface area contributed by atoms with E-state index >= 15 is 0 Å². The average Bonchev–Trinajstić information content (AvgIpc) is 3.54. The van der Waals surface area contributed by atoms with Crippen LogP contribution in [0, 0.1) is 13.8 Å². The third-order valence-electron chi connectivity index (χ3n) is 6.78. The van der Waals surface area contributed by atoms with Gasteiger partial charge in [-0.15, -0.1) is 0 Å². The molecule has 11 heteroatoms. The highest BCUT2D eigenvalue weighted by atomic mass is 16.3. The van der Waals surface area contributed by atoms with Crippen LogP contribution >= 0.6 is 0 Å². The van der Waals surface area contributed by atoms with Crippen molar-refractivity contribution in [3.8, 4) is 0 Å². The summed E-state index contributed by atoms with van der Waals surface area (Å²) in [4.78, 5) is 22.4. The van der Waals surface area contributed by atoms with Crippen molar-refractivity contribution in [1.82, 2.24) is 28.9 Å². The molecule has 1 amide bonds. The lowest BCUT2D eigenvalue weighted by Gasteiger charge is -2.12. The SMILES string of the molecule is CCn1nc(C)cc1C(=O)Nc1nc2cc(C(N)O)ccc2n1CCCCn1c(N)nc2cccc(C)c21. The molecule has 0 aliphatic heterocycles. The minimum atomic E-state index is -1.11. The number of hydrogen-bond acceptors (Lipinski definition) is 7. The van der Waals surface area contributed by atoms with E-state index < -0.39 is 6.23 Å². The van der Waals surface area contributed by atoms with Crippen molar-refractivity contribution in [1.29, 1.82) is 0 Å². The van der Waals surface area contributed by atoms with Crippen molar-refractivity contribution in [3.05, 3.63) is 65.0 Å². The topological polar surface area (TPSA) is 155 Å². The summed E-state index contributed by atoms with van der Waals surface area (Å²) in [7, 11) is 0. The quantitative estimate of drug-likeness (QED) is 0.173. The van der Waals surface area contributed by atoms with Gasteiger partial charge in [0, 0.05) is 19.6 Å². The number of benzene rings is 2. The van der Waals surface area contributed by atoms with Crippen LogP contribution in [0.5, 0.6) is 0 Å². The molecule has 0 fully saturated rings. The minimum absolute atomic E-state index is 0.281. The van der Waals surface area contributed by atoms with E-state index in [1.165, 1.54) is 0 Å². The molecule has 3 aromatic heterocycles. The van der Waals surface area contributed by atoms with Crippen LogP contribution in [0.3, 0.4) is 0 Å². The summed E-state index contributed by atoms with van der Waals surface area (Å²) >= 11 is 0. The number of imidazole rings is 2. The molecule has 6 N–H and O–H groups in total. The number of aromatic nitrogens is 6. The molecule has 11 nitrogen and oxygen atoms in total. The number of nitrogens with zero attached hydrogens (tertiary/aromatic N) is 6. The third kappa shape index (κ3) is 4.73. The summed E-state index contributed by atoms with van der Waals surface area (Å²) in [5.74, 6) is 0.654.